The van der Waals surface area contributed by atoms with E-state index in [1.807, 2.05) is 0 Å². The second kappa shape index (κ2) is 4.72. The summed E-state index contributed by atoms with van der Waals surface area (Å²) in [5.74, 6) is 0. The van der Waals surface area contributed by atoms with Crippen molar-refractivity contribution in [2.75, 3.05) is 0 Å². The fourth-order valence-electron chi connectivity index (χ4n) is 1.02. The molecule has 0 aliphatic rings. The van der Waals surface area contributed by atoms with Crippen LogP contribution in [0.15, 0.2) is 0 Å². The molecule has 3 N–H and O–H groups in total. The van der Waals surface area contributed by atoms with Gasteiger partial charge in [-0.15, -0.1) is 0 Å². The highest BCUT2D eigenvalue weighted by molar-refractivity contribution is 7.86. The molecule has 0 spiro atoms. The van der Waals surface area contributed by atoms with E-state index >= 15 is 0 Å². The average Bonchev–Trinajstić information content (AvgIpc) is 1.95. The lowest BCUT2D eigenvalue weighted by Gasteiger charge is -2.17. The lowest BCUT2D eigenvalue weighted by atomic mass is 10.2. The van der Waals surface area contributed by atoms with Crippen molar-refractivity contribution in [1.29, 1.82) is 0 Å². The standard InChI is InChI=1S/C6H15O6PS/c1-3-6(14(10,11)12)4-5(2)13(7,8)9/h5-6H,3-4H2,1-2H3,(H2,7,8,9)(H,10,11,12). The van der Waals surface area contributed by atoms with Crippen LogP contribution in [0.3, 0.4) is 0 Å². The average molecular weight is 246 g/mol. The topological polar surface area (TPSA) is 112 Å². The summed E-state index contributed by atoms with van der Waals surface area (Å²) >= 11 is 0. The maximum atomic E-state index is 10.7. The van der Waals surface area contributed by atoms with Crippen molar-refractivity contribution in [2.24, 2.45) is 0 Å². The fourth-order valence-corrected chi connectivity index (χ4v) is 2.64. The molecule has 0 saturated heterocycles. The predicted octanol–water partition coefficient (Wildman–Crippen LogP) is 0.609. The van der Waals surface area contributed by atoms with Crippen molar-refractivity contribution >= 4 is 17.7 Å². The smallest absolute Gasteiger partial charge is 0.324 e. The second-order valence-electron chi connectivity index (χ2n) is 3.22. The van der Waals surface area contributed by atoms with E-state index in [1.54, 1.807) is 0 Å². The van der Waals surface area contributed by atoms with E-state index in [0.29, 0.717) is 0 Å². The molecular formula is C6H15O6PS. The molecule has 0 rings (SSSR count). The van der Waals surface area contributed by atoms with Crippen LogP contribution >= 0.6 is 7.60 Å². The number of hydrogen-bond acceptors (Lipinski definition) is 3. The zero-order valence-electron chi connectivity index (χ0n) is 7.99. The highest BCUT2D eigenvalue weighted by Gasteiger charge is 2.31. The Morgan fingerprint density at radius 3 is 2.00 bits per heavy atom. The van der Waals surface area contributed by atoms with Crippen molar-refractivity contribution in [3.8, 4) is 0 Å². The molecule has 2 unspecified atom stereocenters. The van der Waals surface area contributed by atoms with E-state index in [2.05, 4.69) is 0 Å². The normalized spacial score (nSPS) is 17.8. The molecule has 0 saturated carbocycles. The lowest BCUT2D eigenvalue weighted by molar-refractivity contribution is 0.355. The molecule has 0 radical (unpaired) electrons. The summed E-state index contributed by atoms with van der Waals surface area (Å²) in [7, 11) is -8.48. The van der Waals surface area contributed by atoms with Gasteiger partial charge in [-0.25, -0.2) is 0 Å². The largest absolute Gasteiger partial charge is 0.328 e. The van der Waals surface area contributed by atoms with Gasteiger partial charge in [0.2, 0.25) is 0 Å². The Balaban J connectivity index is 4.59. The summed E-state index contributed by atoms with van der Waals surface area (Å²) in [6.07, 6.45) is -0.108. The molecule has 0 aromatic heterocycles. The first-order valence-corrected chi connectivity index (χ1v) is 7.29. The van der Waals surface area contributed by atoms with E-state index in [4.69, 9.17) is 14.3 Å². The number of hydrogen-bond donors (Lipinski definition) is 3. The zero-order valence-corrected chi connectivity index (χ0v) is 9.70. The molecule has 2 atom stereocenters. The van der Waals surface area contributed by atoms with Gasteiger partial charge in [0.1, 0.15) is 0 Å². The maximum Gasteiger partial charge on any atom is 0.328 e. The van der Waals surface area contributed by atoms with Gasteiger partial charge in [0.05, 0.1) is 10.9 Å². The molecular weight excluding hydrogens is 231 g/mol. The van der Waals surface area contributed by atoms with E-state index in [0.717, 1.165) is 0 Å². The van der Waals surface area contributed by atoms with E-state index in [-0.39, 0.29) is 12.8 Å². The minimum absolute atomic E-state index is 0.128. The third-order valence-corrected chi connectivity index (χ3v) is 4.78. The summed E-state index contributed by atoms with van der Waals surface area (Å²) in [5.41, 5.74) is -1.06. The van der Waals surface area contributed by atoms with Crippen LogP contribution in [0.1, 0.15) is 26.7 Å². The molecule has 0 aromatic carbocycles. The van der Waals surface area contributed by atoms with Crippen molar-refractivity contribution in [3.63, 3.8) is 0 Å². The predicted molar refractivity (Wildman–Crippen MR) is 51.8 cm³/mol. The van der Waals surface area contributed by atoms with Gasteiger partial charge < -0.3 is 9.79 Å². The Kier molecular flexibility index (Phi) is 4.74. The molecule has 0 aliphatic heterocycles. The van der Waals surface area contributed by atoms with Gasteiger partial charge in [-0.1, -0.05) is 13.8 Å². The summed E-state index contributed by atoms with van der Waals surface area (Å²) in [5, 5.41) is -1.11. The van der Waals surface area contributed by atoms with Gasteiger partial charge >= 0.3 is 7.60 Å². The second-order valence-corrected chi connectivity index (χ2v) is 6.98. The summed E-state index contributed by atoms with van der Waals surface area (Å²) in [4.78, 5) is 17.5. The van der Waals surface area contributed by atoms with Crippen molar-refractivity contribution < 1.29 is 27.3 Å². The van der Waals surface area contributed by atoms with Crippen LogP contribution in [0.4, 0.5) is 0 Å². The summed E-state index contributed by atoms with van der Waals surface area (Å²) in [6, 6.07) is 0. The van der Waals surface area contributed by atoms with Crippen molar-refractivity contribution in [1.82, 2.24) is 0 Å². The van der Waals surface area contributed by atoms with Gasteiger partial charge in [-0.05, 0) is 12.8 Å². The molecule has 14 heavy (non-hydrogen) atoms. The molecule has 0 fully saturated rings. The summed E-state index contributed by atoms with van der Waals surface area (Å²) in [6.45, 7) is 2.79. The molecule has 0 aromatic rings. The van der Waals surface area contributed by atoms with Crippen LogP contribution in [-0.4, -0.2) is 33.7 Å². The van der Waals surface area contributed by atoms with Gasteiger partial charge in [-0.2, -0.15) is 8.42 Å². The monoisotopic (exact) mass is 246 g/mol. The molecule has 6 nitrogen and oxygen atoms in total. The van der Waals surface area contributed by atoms with Crippen LogP contribution in [0.25, 0.3) is 0 Å². The Morgan fingerprint density at radius 1 is 1.36 bits per heavy atom. The maximum absolute atomic E-state index is 10.7. The Labute approximate surface area is 83.2 Å². The van der Waals surface area contributed by atoms with Crippen LogP contribution in [0, 0.1) is 0 Å². The van der Waals surface area contributed by atoms with Crippen LogP contribution in [0.5, 0.6) is 0 Å². The van der Waals surface area contributed by atoms with Gasteiger partial charge in [-0.3, -0.25) is 9.12 Å². The SMILES string of the molecule is CCC(CC(C)P(=O)(O)O)S(=O)(=O)O. The van der Waals surface area contributed by atoms with E-state index < -0.39 is 28.6 Å². The van der Waals surface area contributed by atoms with E-state index in [9.17, 15) is 13.0 Å². The van der Waals surface area contributed by atoms with Crippen molar-refractivity contribution in [3.05, 3.63) is 0 Å². The van der Waals surface area contributed by atoms with Crippen LogP contribution < -0.4 is 0 Å². The minimum Gasteiger partial charge on any atom is -0.324 e. The molecule has 0 bridgehead atoms. The summed E-state index contributed by atoms with van der Waals surface area (Å²) < 4.78 is 40.9. The Morgan fingerprint density at radius 2 is 1.79 bits per heavy atom. The quantitative estimate of drug-likeness (QED) is 0.484. The zero-order chi connectivity index (χ0) is 11.6. The third-order valence-electron chi connectivity index (χ3n) is 2.05. The first-order chi connectivity index (χ1) is 6.09. The minimum atomic E-state index is -4.27. The van der Waals surface area contributed by atoms with Crippen LogP contribution in [0.2, 0.25) is 0 Å². The Bertz CT molecular complexity index is 317. The first-order valence-electron chi connectivity index (χ1n) is 4.10. The lowest BCUT2D eigenvalue weighted by Crippen LogP contribution is -2.24. The molecule has 0 aliphatic carbocycles. The fraction of sp³-hybridized carbons (Fsp3) is 1.00. The molecule has 0 heterocycles. The van der Waals surface area contributed by atoms with Gasteiger partial charge in [0.15, 0.2) is 0 Å². The molecule has 0 amide bonds. The van der Waals surface area contributed by atoms with Crippen molar-refractivity contribution in [2.45, 2.75) is 37.6 Å². The van der Waals surface area contributed by atoms with Gasteiger partial charge in [0, 0.05) is 0 Å². The highest BCUT2D eigenvalue weighted by Crippen LogP contribution is 2.43. The molecule has 86 valence electrons. The Hall–Kier alpha value is 0.0600. The van der Waals surface area contributed by atoms with E-state index in [1.165, 1.54) is 13.8 Å². The first kappa shape index (κ1) is 14.1. The molecule has 8 heteroatoms. The van der Waals surface area contributed by atoms with Gasteiger partial charge in [0.25, 0.3) is 10.1 Å². The number of rotatable bonds is 5. The highest BCUT2D eigenvalue weighted by atomic mass is 32.2. The third kappa shape index (κ3) is 4.52. The van der Waals surface area contributed by atoms with Crippen LogP contribution in [-0.2, 0) is 14.7 Å².